The monoisotopic (exact) mass is 302 g/mol. The topological polar surface area (TPSA) is 0 Å². The number of hydrogen-bond acceptors (Lipinski definition) is 0. The lowest BCUT2D eigenvalue weighted by molar-refractivity contribution is 0.529. The van der Waals surface area contributed by atoms with Gasteiger partial charge in [0, 0.05) is 0 Å². The lowest BCUT2D eigenvalue weighted by Crippen LogP contribution is -2.42. The van der Waals surface area contributed by atoms with Crippen molar-refractivity contribution < 1.29 is 0 Å². The molecule has 116 valence electrons. The van der Waals surface area contributed by atoms with Crippen LogP contribution in [0.2, 0.25) is 0 Å². The van der Waals surface area contributed by atoms with Crippen LogP contribution in [0.5, 0.6) is 0 Å². The quantitative estimate of drug-likeness (QED) is 0.506. The summed E-state index contributed by atoms with van der Waals surface area (Å²) in [6, 6.07) is 10.8. The first-order valence-corrected chi connectivity index (χ1v) is 9.41. The summed E-state index contributed by atoms with van der Waals surface area (Å²) in [6.45, 7) is 17.3. The molecule has 0 nitrogen and oxygen atoms in total. The van der Waals surface area contributed by atoms with Gasteiger partial charge in [-0.1, -0.05) is 98.4 Å². The molecule has 0 aromatic heterocycles. The summed E-state index contributed by atoms with van der Waals surface area (Å²) in [5.41, 5.74) is 2.97. The standard InChI is InChI=1S/C20H31P/c1-18(2,3)21-19(4,5)14-17(15-20(21,6)7)13-16-11-9-8-10-12-16/h8-13H,14-15H2,1-7H3. The van der Waals surface area contributed by atoms with Gasteiger partial charge in [-0.3, -0.25) is 0 Å². The van der Waals surface area contributed by atoms with Gasteiger partial charge in [0.2, 0.25) is 0 Å². The van der Waals surface area contributed by atoms with Gasteiger partial charge in [-0.25, -0.2) is 0 Å². The van der Waals surface area contributed by atoms with Crippen LogP contribution in [0.15, 0.2) is 35.9 Å². The van der Waals surface area contributed by atoms with Gasteiger partial charge in [0.1, 0.15) is 0 Å². The van der Waals surface area contributed by atoms with Gasteiger partial charge in [-0.15, -0.1) is 0 Å². The van der Waals surface area contributed by atoms with Crippen molar-refractivity contribution in [3.63, 3.8) is 0 Å². The molecule has 1 aliphatic heterocycles. The molecule has 0 unspecified atom stereocenters. The summed E-state index contributed by atoms with van der Waals surface area (Å²) in [7, 11) is -0.0414. The molecule has 0 N–H and O–H groups in total. The molecule has 1 aliphatic rings. The Morgan fingerprint density at radius 1 is 0.905 bits per heavy atom. The van der Waals surface area contributed by atoms with Crippen LogP contribution in [-0.4, -0.2) is 15.5 Å². The minimum absolute atomic E-state index is 0.0414. The first-order chi connectivity index (χ1) is 9.52. The van der Waals surface area contributed by atoms with Crippen molar-refractivity contribution in [2.24, 2.45) is 0 Å². The maximum absolute atomic E-state index is 2.49. The molecule has 21 heavy (non-hydrogen) atoms. The highest BCUT2D eigenvalue weighted by molar-refractivity contribution is 7.62. The molecule has 1 aromatic carbocycles. The number of hydrogen-bond donors (Lipinski definition) is 0. The Kier molecular flexibility index (Phi) is 4.42. The maximum atomic E-state index is 2.49. The smallest absolute Gasteiger partial charge is 0.0104 e. The molecular formula is C20H31P. The van der Waals surface area contributed by atoms with Crippen LogP contribution in [0, 0.1) is 0 Å². The molecule has 0 bridgehead atoms. The zero-order valence-electron chi connectivity index (χ0n) is 14.8. The third-order valence-corrected chi connectivity index (χ3v) is 8.45. The first-order valence-electron chi connectivity index (χ1n) is 8.07. The zero-order valence-corrected chi connectivity index (χ0v) is 15.7. The average molecular weight is 302 g/mol. The Morgan fingerprint density at radius 2 is 1.38 bits per heavy atom. The third kappa shape index (κ3) is 3.78. The predicted octanol–water partition coefficient (Wildman–Crippen LogP) is 6.70. The molecular weight excluding hydrogens is 271 g/mol. The molecule has 1 heteroatoms. The summed E-state index contributed by atoms with van der Waals surface area (Å²) in [6.07, 6.45) is 4.92. The van der Waals surface area contributed by atoms with Crippen LogP contribution in [0.4, 0.5) is 0 Å². The molecule has 1 fully saturated rings. The van der Waals surface area contributed by atoms with E-state index in [0.29, 0.717) is 15.5 Å². The fraction of sp³-hybridized carbons (Fsp3) is 0.600. The van der Waals surface area contributed by atoms with E-state index in [2.05, 4.69) is 84.9 Å². The van der Waals surface area contributed by atoms with Gasteiger partial charge in [-0.05, 0) is 33.9 Å². The summed E-state index contributed by atoms with van der Waals surface area (Å²) in [5.74, 6) is 0. The number of allylic oxidation sites excluding steroid dienone is 1. The van der Waals surface area contributed by atoms with E-state index in [9.17, 15) is 0 Å². The Balaban J connectivity index is 2.36. The highest BCUT2D eigenvalue weighted by Crippen LogP contribution is 2.72. The van der Waals surface area contributed by atoms with E-state index in [-0.39, 0.29) is 7.92 Å². The Bertz CT molecular complexity index is 495. The van der Waals surface area contributed by atoms with Gasteiger partial charge in [0.15, 0.2) is 0 Å². The second kappa shape index (κ2) is 5.54. The second-order valence-electron chi connectivity index (χ2n) is 8.70. The highest BCUT2D eigenvalue weighted by Gasteiger charge is 2.49. The van der Waals surface area contributed by atoms with Crippen molar-refractivity contribution in [2.75, 3.05) is 0 Å². The van der Waals surface area contributed by atoms with Gasteiger partial charge in [-0.2, -0.15) is 0 Å². The molecule has 0 saturated carbocycles. The highest BCUT2D eigenvalue weighted by atomic mass is 31.1. The van der Waals surface area contributed by atoms with Gasteiger partial charge in [0.05, 0.1) is 0 Å². The van der Waals surface area contributed by atoms with Crippen LogP contribution in [0.1, 0.15) is 66.9 Å². The third-order valence-electron chi connectivity index (χ3n) is 4.37. The molecule has 1 heterocycles. The molecule has 0 spiro atoms. The van der Waals surface area contributed by atoms with E-state index in [4.69, 9.17) is 0 Å². The van der Waals surface area contributed by atoms with Crippen LogP contribution >= 0.6 is 7.92 Å². The molecule has 2 rings (SSSR count). The predicted molar refractivity (Wildman–Crippen MR) is 98.5 cm³/mol. The van der Waals surface area contributed by atoms with Gasteiger partial charge < -0.3 is 0 Å². The SMILES string of the molecule is CC(C)(C)P1C(C)(C)CC(=Cc2ccccc2)CC1(C)C. The molecule has 1 saturated heterocycles. The normalized spacial score (nSPS) is 24.7. The van der Waals surface area contributed by atoms with Crippen molar-refractivity contribution in [3.8, 4) is 0 Å². The van der Waals surface area contributed by atoms with Crippen molar-refractivity contribution in [2.45, 2.75) is 76.8 Å². The van der Waals surface area contributed by atoms with E-state index >= 15 is 0 Å². The van der Waals surface area contributed by atoms with Crippen LogP contribution in [-0.2, 0) is 0 Å². The molecule has 0 atom stereocenters. The molecule has 0 amide bonds. The van der Waals surface area contributed by atoms with Gasteiger partial charge >= 0.3 is 0 Å². The van der Waals surface area contributed by atoms with Crippen molar-refractivity contribution >= 4 is 14.0 Å². The summed E-state index contributed by atoms with van der Waals surface area (Å²) < 4.78 is 0. The van der Waals surface area contributed by atoms with E-state index < -0.39 is 0 Å². The van der Waals surface area contributed by atoms with E-state index in [0.717, 1.165) is 0 Å². The molecule has 0 radical (unpaired) electrons. The average Bonchev–Trinajstić information content (AvgIpc) is 2.23. The summed E-state index contributed by atoms with van der Waals surface area (Å²) in [4.78, 5) is 0. The van der Waals surface area contributed by atoms with E-state index in [1.165, 1.54) is 18.4 Å². The van der Waals surface area contributed by atoms with Crippen molar-refractivity contribution in [1.82, 2.24) is 0 Å². The summed E-state index contributed by atoms with van der Waals surface area (Å²) in [5, 5.41) is 1.24. The fourth-order valence-electron chi connectivity index (χ4n) is 4.85. The minimum atomic E-state index is -0.0414. The Morgan fingerprint density at radius 3 is 1.81 bits per heavy atom. The Labute approximate surface area is 132 Å². The maximum Gasteiger partial charge on any atom is -0.0104 e. The molecule has 0 aliphatic carbocycles. The van der Waals surface area contributed by atoms with Gasteiger partial charge in [0.25, 0.3) is 0 Å². The van der Waals surface area contributed by atoms with Crippen LogP contribution in [0.25, 0.3) is 6.08 Å². The minimum Gasteiger partial charge on any atom is -0.0889 e. The lowest BCUT2D eigenvalue weighted by Gasteiger charge is -2.56. The molecule has 1 aromatic rings. The van der Waals surface area contributed by atoms with Crippen molar-refractivity contribution in [3.05, 3.63) is 41.5 Å². The first kappa shape index (κ1) is 16.8. The van der Waals surface area contributed by atoms with Crippen LogP contribution < -0.4 is 0 Å². The van der Waals surface area contributed by atoms with E-state index in [1.54, 1.807) is 5.57 Å². The number of rotatable bonds is 1. The largest absolute Gasteiger partial charge is 0.0889 e. The van der Waals surface area contributed by atoms with Crippen molar-refractivity contribution in [1.29, 1.82) is 0 Å². The second-order valence-corrected chi connectivity index (χ2v) is 13.1. The lowest BCUT2D eigenvalue weighted by atomic mass is 9.91. The fourth-order valence-corrected chi connectivity index (χ4v) is 10.8. The number of benzene rings is 1. The zero-order chi connectivity index (χ0) is 15.9. The van der Waals surface area contributed by atoms with Crippen LogP contribution in [0.3, 0.4) is 0 Å². The Hall–Kier alpha value is -0.610. The van der Waals surface area contributed by atoms with E-state index in [1.807, 2.05) is 0 Å². The summed E-state index contributed by atoms with van der Waals surface area (Å²) >= 11 is 0.